The molecule has 62 valence electrons. The van der Waals surface area contributed by atoms with Crippen LogP contribution in [0.4, 0.5) is 0 Å². The first-order valence-electron chi connectivity index (χ1n) is 4.41. The second-order valence-electron chi connectivity index (χ2n) is 4.75. The lowest BCUT2D eigenvalue weighted by Crippen LogP contribution is -2.38. The van der Waals surface area contributed by atoms with Gasteiger partial charge in [-0.15, -0.1) is 0 Å². The van der Waals surface area contributed by atoms with Crippen molar-refractivity contribution in [3.63, 3.8) is 0 Å². The van der Waals surface area contributed by atoms with Gasteiger partial charge in [0.25, 0.3) is 0 Å². The first kappa shape index (κ1) is 7.93. The van der Waals surface area contributed by atoms with Gasteiger partial charge < -0.3 is 0 Å². The van der Waals surface area contributed by atoms with E-state index in [-0.39, 0.29) is 0 Å². The van der Waals surface area contributed by atoms with Gasteiger partial charge in [-0.3, -0.25) is 0 Å². The van der Waals surface area contributed by atoms with Crippen molar-refractivity contribution in [2.75, 3.05) is 0 Å². The van der Waals surface area contributed by atoms with E-state index in [9.17, 15) is 0 Å². The Kier molecular flexibility index (Phi) is 1.73. The molecule has 0 radical (unpaired) electrons. The van der Waals surface area contributed by atoms with E-state index in [4.69, 9.17) is 0 Å². The molecule has 1 saturated heterocycles. The Morgan fingerprint density at radius 1 is 1.27 bits per heavy atom. The smallest absolute Gasteiger partial charge is 0.0595 e. The summed E-state index contributed by atoms with van der Waals surface area (Å²) in [7, 11) is -0.866. The van der Waals surface area contributed by atoms with E-state index in [1.807, 2.05) is 0 Å². The Balaban J connectivity index is 2.15. The fraction of sp³-hybridized carbons (Fsp3) is 0.778. The maximum absolute atomic E-state index is 2.50. The van der Waals surface area contributed by atoms with Crippen molar-refractivity contribution >= 4 is 19.8 Å². The molecule has 1 aliphatic heterocycles. The predicted octanol–water partition coefficient (Wildman–Crippen LogP) is 2.92. The predicted molar refractivity (Wildman–Crippen MR) is 55.8 cm³/mol. The fourth-order valence-corrected chi connectivity index (χ4v) is 7.14. The molecule has 0 N–H and O–H groups in total. The molecule has 1 aliphatic carbocycles. The van der Waals surface area contributed by atoms with E-state index >= 15 is 0 Å². The zero-order valence-electron chi connectivity index (χ0n) is 7.50. The Bertz CT molecular complexity index is 192. The summed E-state index contributed by atoms with van der Waals surface area (Å²) in [6, 6.07) is 0. The standard InChI is InChI=1S/C9H16SSi/c1-11(2,3)9-7-4-5-8(6-7)10-9/h4-5,7-9H,6H2,1-3H3. The molecule has 1 heterocycles. The van der Waals surface area contributed by atoms with E-state index in [2.05, 4.69) is 43.6 Å². The molecule has 11 heavy (non-hydrogen) atoms. The Hall–Kier alpha value is 0.307. The monoisotopic (exact) mass is 184 g/mol. The van der Waals surface area contributed by atoms with Crippen LogP contribution in [0.15, 0.2) is 12.2 Å². The highest BCUT2D eigenvalue weighted by Gasteiger charge is 2.43. The van der Waals surface area contributed by atoms with E-state index in [1.54, 1.807) is 0 Å². The van der Waals surface area contributed by atoms with E-state index in [1.165, 1.54) is 6.42 Å². The molecule has 0 aromatic carbocycles. The van der Waals surface area contributed by atoms with Crippen LogP contribution in [-0.4, -0.2) is 18.2 Å². The van der Waals surface area contributed by atoms with Crippen LogP contribution in [0.25, 0.3) is 0 Å². The summed E-state index contributed by atoms with van der Waals surface area (Å²) >= 11 is 2.24. The Labute approximate surface area is 74.5 Å². The Morgan fingerprint density at radius 2 is 2.00 bits per heavy atom. The highest BCUT2D eigenvalue weighted by molar-refractivity contribution is 8.02. The maximum Gasteiger partial charge on any atom is 0.0595 e. The van der Waals surface area contributed by atoms with Crippen LogP contribution >= 0.6 is 11.8 Å². The molecule has 0 spiro atoms. The average Bonchev–Trinajstić information content (AvgIpc) is 2.42. The minimum atomic E-state index is -0.866. The topological polar surface area (TPSA) is 0 Å². The minimum absolute atomic E-state index is 0.866. The SMILES string of the molecule is C[Si](C)(C)C1SC2C=CC1C2. The van der Waals surface area contributed by atoms with E-state index in [0.29, 0.717) is 0 Å². The number of rotatable bonds is 1. The lowest BCUT2D eigenvalue weighted by atomic mass is 10.2. The van der Waals surface area contributed by atoms with Crippen LogP contribution in [0.5, 0.6) is 0 Å². The molecule has 0 saturated carbocycles. The van der Waals surface area contributed by atoms with Crippen molar-refractivity contribution in [2.45, 2.75) is 36.2 Å². The lowest BCUT2D eigenvalue weighted by Gasteiger charge is -2.29. The van der Waals surface area contributed by atoms with Crippen LogP contribution in [-0.2, 0) is 0 Å². The van der Waals surface area contributed by atoms with Gasteiger partial charge in [0.1, 0.15) is 0 Å². The summed E-state index contributed by atoms with van der Waals surface area (Å²) in [6.45, 7) is 7.50. The van der Waals surface area contributed by atoms with Crippen LogP contribution in [0, 0.1) is 5.92 Å². The molecule has 2 rings (SSSR count). The highest BCUT2D eigenvalue weighted by atomic mass is 32.2. The van der Waals surface area contributed by atoms with Gasteiger partial charge in [-0.05, 0) is 12.3 Å². The van der Waals surface area contributed by atoms with Crippen molar-refractivity contribution in [1.82, 2.24) is 0 Å². The molecule has 2 bridgehead atoms. The normalized spacial score (nSPS) is 41.9. The molecule has 1 fully saturated rings. The van der Waals surface area contributed by atoms with Crippen molar-refractivity contribution < 1.29 is 0 Å². The number of thioether (sulfide) groups is 1. The highest BCUT2D eigenvalue weighted by Crippen LogP contribution is 2.48. The number of hydrogen-bond donors (Lipinski definition) is 0. The zero-order valence-corrected chi connectivity index (χ0v) is 9.32. The third kappa shape index (κ3) is 1.31. The fourth-order valence-electron chi connectivity index (χ4n) is 2.15. The molecule has 2 aliphatic rings. The Morgan fingerprint density at radius 3 is 2.27 bits per heavy atom. The summed E-state index contributed by atoms with van der Waals surface area (Å²) < 4.78 is 0. The van der Waals surface area contributed by atoms with Gasteiger partial charge >= 0.3 is 0 Å². The first-order chi connectivity index (χ1) is 5.07. The van der Waals surface area contributed by atoms with Crippen molar-refractivity contribution in [1.29, 1.82) is 0 Å². The molecular formula is C9H16SSi. The molecule has 0 aromatic heterocycles. The van der Waals surface area contributed by atoms with Gasteiger partial charge in [-0.2, -0.15) is 11.8 Å². The molecular weight excluding hydrogens is 168 g/mol. The number of fused-ring (bicyclic) bond motifs is 2. The van der Waals surface area contributed by atoms with Crippen LogP contribution in [0.2, 0.25) is 19.6 Å². The van der Waals surface area contributed by atoms with Crippen LogP contribution in [0.3, 0.4) is 0 Å². The van der Waals surface area contributed by atoms with E-state index in [0.717, 1.165) is 16.0 Å². The summed E-state index contributed by atoms with van der Waals surface area (Å²) in [6.07, 6.45) is 6.32. The molecule has 0 nitrogen and oxygen atoms in total. The van der Waals surface area contributed by atoms with Gasteiger partial charge in [-0.1, -0.05) is 31.8 Å². The number of hydrogen-bond acceptors (Lipinski definition) is 1. The van der Waals surface area contributed by atoms with Gasteiger partial charge in [0.05, 0.1) is 8.07 Å². The molecule has 0 amide bonds. The molecule has 0 aromatic rings. The molecule has 2 heteroatoms. The van der Waals surface area contributed by atoms with Gasteiger partial charge in [-0.25, -0.2) is 0 Å². The van der Waals surface area contributed by atoms with Crippen molar-refractivity contribution in [3.05, 3.63) is 12.2 Å². The average molecular weight is 184 g/mol. The first-order valence-corrected chi connectivity index (χ1v) is 8.93. The summed E-state index contributed by atoms with van der Waals surface area (Å²) in [5.41, 5.74) is 0. The number of allylic oxidation sites excluding steroid dienone is 1. The summed E-state index contributed by atoms with van der Waals surface area (Å²) in [5.74, 6) is 0.941. The molecule has 3 unspecified atom stereocenters. The van der Waals surface area contributed by atoms with Crippen LogP contribution in [0.1, 0.15) is 6.42 Å². The second kappa shape index (κ2) is 2.40. The second-order valence-corrected chi connectivity index (χ2v) is 11.9. The van der Waals surface area contributed by atoms with Crippen molar-refractivity contribution in [2.24, 2.45) is 5.92 Å². The maximum atomic E-state index is 2.50. The summed E-state index contributed by atoms with van der Waals surface area (Å²) in [4.78, 5) is 1.01. The molecule has 3 atom stereocenters. The summed E-state index contributed by atoms with van der Waals surface area (Å²) in [5, 5.41) is 0.886. The van der Waals surface area contributed by atoms with Gasteiger partial charge in [0.2, 0.25) is 0 Å². The lowest BCUT2D eigenvalue weighted by molar-refractivity contribution is 0.714. The van der Waals surface area contributed by atoms with E-state index < -0.39 is 8.07 Å². The zero-order chi connectivity index (χ0) is 8.06. The largest absolute Gasteiger partial charge is 0.153 e. The van der Waals surface area contributed by atoms with Crippen molar-refractivity contribution in [3.8, 4) is 0 Å². The quantitative estimate of drug-likeness (QED) is 0.446. The van der Waals surface area contributed by atoms with Crippen LogP contribution < -0.4 is 0 Å². The van der Waals surface area contributed by atoms with Gasteiger partial charge in [0, 0.05) is 10.1 Å². The van der Waals surface area contributed by atoms with Gasteiger partial charge in [0.15, 0.2) is 0 Å². The third-order valence-corrected chi connectivity index (χ3v) is 8.65. The minimum Gasteiger partial charge on any atom is -0.153 e. The third-order valence-electron chi connectivity index (χ3n) is 2.64.